The average molecular weight is 264 g/mol. The third kappa shape index (κ3) is 1.85. The molecule has 0 atom stereocenters. The van der Waals surface area contributed by atoms with Crippen molar-refractivity contribution in [1.29, 1.82) is 0 Å². The van der Waals surface area contributed by atoms with E-state index in [0.717, 1.165) is 12.1 Å². The third-order valence-electron chi connectivity index (χ3n) is 2.85. The van der Waals surface area contributed by atoms with Crippen LogP contribution < -0.4 is 5.56 Å². The largest absolute Gasteiger partial charge is 0.416 e. The summed E-state index contributed by atoms with van der Waals surface area (Å²) in [5.74, 6) is 0. The molecular weight excluding hydrogens is 257 g/mol. The van der Waals surface area contributed by atoms with Crippen LogP contribution in [0.3, 0.4) is 0 Å². The van der Waals surface area contributed by atoms with Crippen LogP contribution in [0.25, 0.3) is 16.6 Å². The first kappa shape index (κ1) is 11.7. The number of benzene rings is 1. The van der Waals surface area contributed by atoms with E-state index in [-0.39, 0.29) is 10.9 Å². The Kier molecular flexibility index (Phi) is 2.35. The maximum atomic E-state index is 12.6. The Balaban J connectivity index is 2.43. The lowest BCUT2D eigenvalue weighted by molar-refractivity contribution is -0.137. The van der Waals surface area contributed by atoms with E-state index in [1.807, 2.05) is 0 Å². The highest BCUT2D eigenvalue weighted by Gasteiger charge is 2.30. The smallest absolute Gasteiger partial charge is 0.268 e. The van der Waals surface area contributed by atoms with E-state index in [1.54, 1.807) is 18.2 Å². The van der Waals surface area contributed by atoms with Crippen LogP contribution in [0.2, 0.25) is 0 Å². The molecule has 3 nitrogen and oxygen atoms in total. The lowest BCUT2D eigenvalue weighted by Crippen LogP contribution is -2.16. The molecular formula is C13H7F3N2O. The highest BCUT2D eigenvalue weighted by atomic mass is 19.4. The molecule has 0 radical (unpaired) electrons. The van der Waals surface area contributed by atoms with Crippen molar-refractivity contribution in [3.8, 4) is 0 Å². The molecule has 1 aromatic carbocycles. The summed E-state index contributed by atoms with van der Waals surface area (Å²) in [5.41, 5.74) is -0.703. The summed E-state index contributed by atoms with van der Waals surface area (Å²) in [4.78, 5) is 16.3. The molecule has 2 heterocycles. The summed E-state index contributed by atoms with van der Waals surface area (Å²) in [6.45, 7) is 0. The van der Waals surface area contributed by atoms with Gasteiger partial charge in [-0.2, -0.15) is 13.2 Å². The molecule has 0 saturated heterocycles. The number of pyridine rings is 1. The number of nitrogens with zero attached hydrogens (tertiary/aromatic N) is 2. The van der Waals surface area contributed by atoms with Crippen LogP contribution in [-0.2, 0) is 6.18 Å². The quantitative estimate of drug-likeness (QED) is 0.585. The van der Waals surface area contributed by atoms with Gasteiger partial charge < -0.3 is 0 Å². The Labute approximate surface area is 104 Å². The van der Waals surface area contributed by atoms with Crippen molar-refractivity contribution >= 4 is 16.6 Å². The number of aromatic nitrogens is 2. The van der Waals surface area contributed by atoms with E-state index in [9.17, 15) is 18.0 Å². The monoisotopic (exact) mass is 264 g/mol. The van der Waals surface area contributed by atoms with Crippen LogP contribution >= 0.6 is 0 Å². The fraction of sp³-hybridized carbons (Fsp3) is 0.0769. The summed E-state index contributed by atoms with van der Waals surface area (Å²) >= 11 is 0. The van der Waals surface area contributed by atoms with Gasteiger partial charge in [0.1, 0.15) is 5.65 Å². The van der Waals surface area contributed by atoms with Crippen LogP contribution in [0.15, 0.2) is 47.4 Å². The molecule has 19 heavy (non-hydrogen) atoms. The second-order valence-corrected chi connectivity index (χ2v) is 4.08. The van der Waals surface area contributed by atoms with E-state index in [2.05, 4.69) is 4.98 Å². The first-order valence-corrected chi connectivity index (χ1v) is 5.45. The lowest BCUT2D eigenvalue weighted by Gasteiger charge is -2.08. The normalized spacial score (nSPS) is 12.2. The second-order valence-electron chi connectivity index (χ2n) is 4.08. The minimum atomic E-state index is -4.48. The molecule has 0 N–H and O–H groups in total. The molecule has 0 unspecified atom stereocenters. The standard InChI is InChI=1S/C13H7F3N2O/c14-13(15,16)8-4-5-10-9(7-8)12(19)18-6-2-1-3-11(18)17-10/h1-7H. The molecule has 3 rings (SSSR count). The Morgan fingerprint density at radius 1 is 1.11 bits per heavy atom. The number of hydrogen-bond donors (Lipinski definition) is 0. The molecule has 3 aromatic rings. The number of rotatable bonds is 0. The van der Waals surface area contributed by atoms with Crippen LogP contribution in [0.4, 0.5) is 13.2 Å². The Morgan fingerprint density at radius 3 is 2.63 bits per heavy atom. The fourth-order valence-corrected chi connectivity index (χ4v) is 1.93. The van der Waals surface area contributed by atoms with Crippen molar-refractivity contribution < 1.29 is 13.2 Å². The zero-order valence-electron chi connectivity index (χ0n) is 9.48. The molecule has 96 valence electrons. The highest BCUT2D eigenvalue weighted by Crippen LogP contribution is 2.30. The van der Waals surface area contributed by atoms with Gasteiger partial charge in [-0.05, 0) is 30.3 Å². The number of alkyl halides is 3. The number of halogens is 3. The molecule has 0 spiro atoms. The molecule has 2 aromatic heterocycles. The zero-order valence-corrected chi connectivity index (χ0v) is 9.48. The summed E-state index contributed by atoms with van der Waals surface area (Å²) < 4.78 is 39.1. The predicted octanol–water partition coefficient (Wildman–Crippen LogP) is 2.87. The van der Waals surface area contributed by atoms with Crippen LogP contribution in [-0.4, -0.2) is 9.38 Å². The summed E-state index contributed by atoms with van der Waals surface area (Å²) in [6, 6.07) is 7.93. The van der Waals surface area contributed by atoms with Crippen molar-refractivity contribution in [2.24, 2.45) is 0 Å². The first-order chi connectivity index (χ1) is 8.97. The zero-order chi connectivity index (χ0) is 13.6. The lowest BCUT2D eigenvalue weighted by atomic mass is 10.1. The van der Waals surface area contributed by atoms with Gasteiger partial charge >= 0.3 is 6.18 Å². The Bertz CT molecular complexity index is 837. The average Bonchev–Trinajstić information content (AvgIpc) is 2.37. The van der Waals surface area contributed by atoms with Crippen molar-refractivity contribution in [3.05, 3.63) is 58.5 Å². The topological polar surface area (TPSA) is 34.4 Å². The summed E-state index contributed by atoms with van der Waals surface area (Å²) in [7, 11) is 0. The molecule has 6 heteroatoms. The number of fused-ring (bicyclic) bond motifs is 2. The van der Waals surface area contributed by atoms with E-state index in [0.29, 0.717) is 5.65 Å². The van der Waals surface area contributed by atoms with Crippen LogP contribution in [0.1, 0.15) is 5.56 Å². The molecule has 0 saturated carbocycles. The van der Waals surface area contributed by atoms with Gasteiger partial charge in [0.05, 0.1) is 16.5 Å². The van der Waals surface area contributed by atoms with Gasteiger partial charge in [0.15, 0.2) is 0 Å². The molecule has 0 fully saturated rings. The maximum absolute atomic E-state index is 12.6. The summed E-state index contributed by atoms with van der Waals surface area (Å²) in [6.07, 6.45) is -3.00. The number of hydrogen-bond acceptors (Lipinski definition) is 2. The van der Waals surface area contributed by atoms with E-state index in [1.165, 1.54) is 16.7 Å². The van der Waals surface area contributed by atoms with E-state index < -0.39 is 17.3 Å². The second kappa shape index (κ2) is 3.81. The Morgan fingerprint density at radius 2 is 1.89 bits per heavy atom. The van der Waals surface area contributed by atoms with Crippen molar-refractivity contribution in [3.63, 3.8) is 0 Å². The molecule has 0 aliphatic carbocycles. The van der Waals surface area contributed by atoms with Gasteiger partial charge in [-0.15, -0.1) is 0 Å². The van der Waals surface area contributed by atoms with Crippen LogP contribution in [0, 0.1) is 0 Å². The van der Waals surface area contributed by atoms with Gasteiger partial charge in [-0.25, -0.2) is 4.98 Å². The third-order valence-corrected chi connectivity index (χ3v) is 2.85. The SMILES string of the molecule is O=c1c2cc(C(F)(F)F)ccc2nc2ccccn12. The van der Waals surface area contributed by atoms with Crippen molar-refractivity contribution in [1.82, 2.24) is 9.38 Å². The van der Waals surface area contributed by atoms with Gasteiger partial charge in [0.25, 0.3) is 5.56 Å². The van der Waals surface area contributed by atoms with E-state index in [4.69, 9.17) is 0 Å². The molecule has 0 amide bonds. The first-order valence-electron chi connectivity index (χ1n) is 5.45. The highest BCUT2D eigenvalue weighted by molar-refractivity contribution is 5.80. The van der Waals surface area contributed by atoms with Gasteiger partial charge in [-0.1, -0.05) is 6.07 Å². The summed E-state index contributed by atoms with van der Waals surface area (Å²) in [5, 5.41) is -0.0430. The van der Waals surface area contributed by atoms with E-state index >= 15 is 0 Å². The minimum absolute atomic E-state index is 0.0430. The van der Waals surface area contributed by atoms with Crippen molar-refractivity contribution in [2.45, 2.75) is 6.18 Å². The van der Waals surface area contributed by atoms with Gasteiger partial charge in [0, 0.05) is 6.20 Å². The minimum Gasteiger partial charge on any atom is -0.268 e. The van der Waals surface area contributed by atoms with Crippen molar-refractivity contribution in [2.75, 3.05) is 0 Å². The molecule has 0 aliphatic rings. The fourth-order valence-electron chi connectivity index (χ4n) is 1.93. The van der Waals surface area contributed by atoms with Gasteiger partial charge in [-0.3, -0.25) is 9.20 Å². The van der Waals surface area contributed by atoms with Crippen LogP contribution in [0.5, 0.6) is 0 Å². The van der Waals surface area contributed by atoms with Gasteiger partial charge in [0.2, 0.25) is 0 Å². The predicted molar refractivity (Wildman–Crippen MR) is 64.0 cm³/mol. The Hall–Kier alpha value is -2.37. The molecule has 0 bridgehead atoms. The maximum Gasteiger partial charge on any atom is 0.416 e. The molecule has 0 aliphatic heterocycles.